The summed E-state index contributed by atoms with van der Waals surface area (Å²) in [5, 5.41) is 10.2. The molecule has 90 valence electrons. The fourth-order valence-electron chi connectivity index (χ4n) is 1.52. The fourth-order valence-corrected chi connectivity index (χ4v) is 3.65. The Morgan fingerprint density at radius 1 is 1.24 bits per heavy atom. The van der Waals surface area contributed by atoms with E-state index in [0.717, 1.165) is 14.2 Å². The molecule has 1 N–H and O–H groups in total. The van der Waals surface area contributed by atoms with Crippen LogP contribution in [-0.4, -0.2) is 5.11 Å². The van der Waals surface area contributed by atoms with Gasteiger partial charge in [-0.05, 0) is 62.5 Å². The molecule has 0 saturated carbocycles. The van der Waals surface area contributed by atoms with E-state index < -0.39 is 6.10 Å². The lowest BCUT2D eigenvalue weighted by Gasteiger charge is -2.10. The molecule has 1 heterocycles. The van der Waals surface area contributed by atoms with Crippen LogP contribution in [-0.2, 0) is 0 Å². The first-order chi connectivity index (χ1) is 7.99. The van der Waals surface area contributed by atoms with Crippen LogP contribution in [0.1, 0.15) is 21.4 Å². The molecule has 0 spiro atoms. The van der Waals surface area contributed by atoms with Gasteiger partial charge in [0.25, 0.3) is 0 Å². The Kier molecular flexibility index (Phi) is 4.02. The Bertz CT molecular complexity index is 553. The maximum Gasteiger partial charge on any atom is 0.137 e. The van der Waals surface area contributed by atoms with Gasteiger partial charge in [0.15, 0.2) is 0 Å². The van der Waals surface area contributed by atoms with E-state index in [9.17, 15) is 9.50 Å². The smallest absolute Gasteiger partial charge is 0.137 e. The van der Waals surface area contributed by atoms with Gasteiger partial charge in [-0.15, -0.1) is 11.3 Å². The summed E-state index contributed by atoms with van der Waals surface area (Å²) in [7, 11) is 0. The Balaban J connectivity index is 2.40. The molecule has 1 unspecified atom stereocenters. The van der Waals surface area contributed by atoms with Gasteiger partial charge < -0.3 is 5.11 Å². The van der Waals surface area contributed by atoms with Crippen molar-refractivity contribution in [3.05, 3.63) is 54.3 Å². The molecule has 0 radical (unpaired) electrons. The molecule has 1 aromatic heterocycles. The average Bonchev–Trinajstić information content (AvgIpc) is 2.61. The zero-order valence-electron chi connectivity index (χ0n) is 8.88. The van der Waals surface area contributed by atoms with Gasteiger partial charge in [-0.25, -0.2) is 4.39 Å². The van der Waals surface area contributed by atoms with Crippen molar-refractivity contribution < 1.29 is 9.50 Å². The standard InChI is InChI=1S/C12H9Br2FOS/c1-6-4-9(14)12(17-6)11(16)7-2-3-8(13)10(15)5-7/h2-5,11,16H,1H3. The first kappa shape index (κ1) is 13.2. The highest BCUT2D eigenvalue weighted by molar-refractivity contribution is 9.10. The van der Waals surface area contributed by atoms with Crippen LogP contribution in [0.4, 0.5) is 4.39 Å². The second-order valence-corrected chi connectivity index (χ2v) is 6.64. The van der Waals surface area contributed by atoms with Crippen LogP contribution in [0.5, 0.6) is 0 Å². The van der Waals surface area contributed by atoms with Gasteiger partial charge in [0.05, 0.1) is 9.35 Å². The molecule has 2 aromatic rings. The van der Waals surface area contributed by atoms with Crippen LogP contribution in [0.2, 0.25) is 0 Å². The minimum atomic E-state index is -0.800. The molecule has 0 aliphatic rings. The highest BCUT2D eigenvalue weighted by Gasteiger charge is 2.17. The van der Waals surface area contributed by atoms with Gasteiger partial charge in [0, 0.05) is 9.35 Å². The number of aliphatic hydroxyl groups is 1. The van der Waals surface area contributed by atoms with Crippen molar-refractivity contribution in [2.75, 3.05) is 0 Å². The normalized spacial score (nSPS) is 12.8. The fraction of sp³-hybridized carbons (Fsp3) is 0.167. The van der Waals surface area contributed by atoms with Crippen molar-refractivity contribution in [3.8, 4) is 0 Å². The van der Waals surface area contributed by atoms with E-state index in [1.165, 1.54) is 17.4 Å². The molecule has 5 heteroatoms. The van der Waals surface area contributed by atoms with Crippen molar-refractivity contribution in [1.82, 2.24) is 0 Å². The summed E-state index contributed by atoms with van der Waals surface area (Å²) in [6.07, 6.45) is -0.800. The number of aliphatic hydroxyl groups excluding tert-OH is 1. The quantitative estimate of drug-likeness (QED) is 0.794. The van der Waals surface area contributed by atoms with E-state index >= 15 is 0 Å². The topological polar surface area (TPSA) is 20.2 Å². The van der Waals surface area contributed by atoms with Crippen LogP contribution in [0.25, 0.3) is 0 Å². The van der Waals surface area contributed by atoms with E-state index in [1.807, 2.05) is 13.0 Å². The first-order valence-electron chi connectivity index (χ1n) is 4.88. The highest BCUT2D eigenvalue weighted by Crippen LogP contribution is 2.36. The predicted molar refractivity (Wildman–Crippen MR) is 74.9 cm³/mol. The molecule has 0 aliphatic heterocycles. The molecule has 0 aliphatic carbocycles. The van der Waals surface area contributed by atoms with Gasteiger partial charge in [-0.2, -0.15) is 0 Å². The Morgan fingerprint density at radius 2 is 1.94 bits per heavy atom. The third-order valence-corrected chi connectivity index (χ3v) is 5.01. The lowest BCUT2D eigenvalue weighted by Crippen LogP contribution is -1.98. The van der Waals surface area contributed by atoms with Crippen molar-refractivity contribution in [3.63, 3.8) is 0 Å². The first-order valence-corrected chi connectivity index (χ1v) is 7.28. The summed E-state index contributed by atoms with van der Waals surface area (Å²) in [5.74, 6) is -0.369. The molecule has 17 heavy (non-hydrogen) atoms. The van der Waals surface area contributed by atoms with Crippen LogP contribution < -0.4 is 0 Å². The molecule has 1 atom stereocenters. The minimum Gasteiger partial charge on any atom is -0.383 e. The van der Waals surface area contributed by atoms with Gasteiger partial charge in [0.1, 0.15) is 11.9 Å². The van der Waals surface area contributed by atoms with Crippen LogP contribution in [0.15, 0.2) is 33.2 Å². The Morgan fingerprint density at radius 3 is 2.47 bits per heavy atom. The molecule has 2 rings (SSSR count). The summed E-state index contributed by atoms with van der Waals surface area (Å²) >= 11 is 7.98. The lowest BCUT2D eigenvalue weighted by molar-refractivity contribution is 0.223. The second kappa shape index (κ2) is 5.18. The van der Waals surface area contributed by atoms with Crippen molar-refractivity contribution in [1.29, 1.82) is 0 Å². The van der Waals surface area contributed by atoms with Gasteiger partial charge in [-0.3, -0.25) is 0 Å². The summed E-state index contributed by atoms with van der Waals surface area (Å²) in [4.78, 5) is 1.90. The summed E-state index contributed by atoms with van der Waals surface area (Å²) in [6.45, 7) is 1.97. The van der Waals surface area contributed by atoms with Gasteiger partial charge in [0.2, 0.25) is 0 Å². The molecular formula is C12H9Br2FOS. The number of benzene rings is 1. The number of thiophene rings is 1. The largest absolute Gasteiger partial charge is 0.383 e. The Hall–Kier alpha value is -0.230. The van der Waals surface area contributed by atoms with Crippen LogP contribution in [0.3, 0.4) is 0 Å². The molecule has 0 amide bonds. The molecular weight excluding hydrogens is 371 g/mol. The van der Waals surface area contributed by atoms with E-state index in [-0.39, 0.29) is 5.82 Å². The summed E-state index contributed by atoms with van der Waals surface area (Å²) < 4.78 is 14.7. The molecule has 0 fully saturated rings. The molecule has 0 saturated heterocycles. The van der Waals surface area contributed by atoms with E-state index in [0.29, 0.717) is 10.0 Å². The summed E-state index contributed by atoms with van der Waals surface area (Å²) in [6, 6.07) is 6.59. The Labute approximate surface area is 120 Å². The maximum atomic E-state index is 13.4. The van der Waals surface area contributed by atoms with Crippen LogP contribution >= 0.6 is 43.2 Å². The van der Waals surface area contributed by atoms with E-state index in [4.69, 9.17) is 0 Å². The SMILES string of the molecule is Cc1cc(Br)c(C(O)c2ccc(Br)c(F)c2)s1. The zero-order valence-corrected chi connectivity index (χ0v) is 12.9. The number of hydrogen-bond donors (Lipinski definition) is 1. The molecule has 1 nitrogen and oxygen atoms in total. The number of aryl methyl sites for hydroxylation is 1. The van der Waals surface area contributed by atoms with E-state index in [1.54, 1.807) is 12.1 Å². The molecule has 1 aromatic carbocycles. The maximum absolute atomic E-state index is 13.4. The third kappa shape index (κ3) is 2.78. The number of halogens is 3. The predicted octanol–water partition coefficient (Wildman–Crippen LogP) is 4.80. The number of rotatable bonds is 2. The van der Waals surface area contributed by atoms with Crippen molar-refractivity contribution >= 4 is 43.2 Å². The highest BCUT2D eigenvalue weighted by atomic mass is 79.9. The van der Waals surface area contributed by atoms with Crippen LogP contribution in [0, 0.1) is 12.7 Å². The lowest BCUT2D eigenvalue weighted by atomic mass is 10.1. The third-order valence-electron chi connectivity index (χ3n) is 2.34. The zero-order chi connectivity index (χ0) is 12.6. The van der Waals surface area contributed by atoms with Gasteiger partial charge in [-0.1, -0.05) is 6.07 Å². The average molecular weight is 380 g/mol. The van der Waals surface area contributed by atoms with Crippen molar-refractivity contribution in [2.24, 2.45) is 0 Å². The number of hydrogen-bond acceptors (Lipinski definition) is 2. The summed E-state index contributed by atoms with van der Waals surface area (Å²) in [5.41, 5.74) is 0.549. The van der Waals surface area contributed by atoms with Gasteiger partial charge >= 0.3 is 0 Å². The molecule has 0 bridgehead atoms. The minimum absolute atomic E-state index is 0.369. The van der Waals surface area contributed by atoms with E-state index in [2.05, 4.69) is 31.9 Å². The monoisotopic (exact) mass is 378 g/mol. The second-order valence-electron chi connectivity index (χ2n) is 3.65. The van der Waals surface area contributed by atoms with Crippen molar-refractivity contribution in [2.45, 2.75) is 13.0 Å².